The van der Waals surface area contributed by atoms with Crippen molar-refractivity contribution in [2.24, 2.45) is 5.14 Å². The Kier molecular flexibility index (Phi) is 4.57. The molecule has 5 nitrogen and oxygen atoms in total. The molecule has 0 aliphatic carbocycles. The minimum Gasteiger partial charge on any atom is -0.310 e. The SMILES string of the molecule is CN1CCC(NCc2ccc(S(N)(=O)=O)cc2)CC1. The van der Waals surface area contributed by atoms with E-state index >= 15 is 0 Å². The first-order valence-corrected chi connectivity index (χ1v) is 8.03. The number of rotatable bonds is 4. The van der Waals surface area contributed by atoms with Gasteiger partial charge in [-0.2, -0.15) is 0 Å². The monoisotopic (exact) mass is 283 g/mol. The molecule has 0 bridgehead atoms. The van der Waals surface area contributed by atoms with Gasteiger partial charge in [-0.1, -0.05) is 12.1 Å². The topological polar surface area (TPSA) is 75.4 Å². The number of sulfonamides is 1. The van der Waals surface area contributed by atoms with Crippen LogP contribution in [-0.4, -0.2) is 39.5 Å². The molecule has 0 amide bonds. The van der Waals surface area contributed by atoms with Crippen LogP contribution >= 0.6 is 0 Å². The van der Waals surface area contributed by atoms with E-state index in [2.05, 4.69) is 17.3 Å². The number of primary sulfonamides is 1. The Morgan fingerprint density at radius 1 is 1.26 bits per heavy atom. The van der Waals surface area contributed by atoms with Gasteiger partial charge in [0.2, 0.25) is 10.0 Å². The van der Waals surface area contributed by atoms with Crippen molar-refractivity contribution in [3.63, 3.8) is 0 Å². The Balaban J connectivity index is 1.87. The molecule has 1 heterocycles. The molecule has 1 aromatic rings. The highest BCUT2D eigenvalue weighted by Gasteiger charge is 2.15. The van der Waals surface area contributed by atoms with Crippen LogP contribution < -0.4 is 10.5 Å². The van der Waals surface area contributed by atoms with Gasteiger partial charge in [-0.05, 0) is 50.7 Å². The van der Waals surface area contributed by atoms with Gasteiger partial charge in [0.1, 0.15) is 0 Å². The van der Waals surface area contributed by atoms with Crippen molar-refractivity contribution >= 4 is 10.0 Å². The van der Waals surface area contributed by atoms with Gasteiger partial charge in [-0.3, -0.25) is 0 Å². The maximum Gasteiger partial charge on any atom is 0.238 e. The average molecular weight is 283 g/mol. The van der Waals surface area contributed by atoms with E-state index in [0.717, 1.165) is 38.0 Å². The third kappa shape index (κ3) is 4.28. The Labute approximate surface area is 114 Å². The summed E-state index contributed by atoms with van der Waals surface area (Å²) in [6.45, 7) is 3.02. The van der Waals surface area contributed by atoms with E-state index in [4.69, 9.17) is 5.14 Å². The van der Waals surface area contributed by atoms with Crippen LogP contribution in [-0.2, 0) is 16.6 Å². The van der Waals surface area contributed by atoms with Crippen molar-refractivity contribution in [2.75, 3.05) is 20.1 Å². The van der Waals surface area contributed by atoms with Gasteiger partial charge >= 0.3 is 0 Å². The molecule has 3 N–H and O–H groups in total. The predicted molar refractivity (Wildman–Crippen MR) is 75.2 cm³/mol. The molecule has 0 atom stereocenters. The second kappa shape index (κ2) is 6.00. The van der Waals surface area contributed by atoms with Crippen LogP contribution in [0.15, 0.2) is 29.2 Å². The summed E-state index contributed by atoms with van der Waals surface area (Å²) in [5.74, 6) is 0. The number of nitrogens with zero attached hydrogens (tertiary/aromatic N) is 1. The number of nitrogens with one attached hydrogen (secondary N) is 1. The summed E-state index contributed by atoms with van der Waals surface area (Å²) >= 11 is 0. The van der Waals surface area contributed by atoms with Crippen LogP contribution in [0.1, 0.15) is 18.4 Å². The second-order valence-corrected chi connectivity index (χ2v) is 6.71. The number of hydrogen-bond donors (Lipinski definition) is 2. The zero-order valence-electron chi connectivity index (χ0n) is 11.2. The van der Waals surface area contributed by atoms with E-state index < -0.39 is 10.0 Å². The van der Waals surface area contributed by atoms with E-state index in [1.165, 1.54) is 0 Å². The average Bonchev–Trinajstić information content (AvgIpc) is 2.37. The summed E-state index contributed by atoms with van der Waals surface area (Å²) in [7, 11) is -1.45. The maximum atomic E-state index is 11.1. The van der Waals surface area contributed by atoms with Crippen LogP contribution in [0.5, 0.6) is 0 Å². The lowest BCUT2D eigenvalue weighted by Crippen LogP contribution is -2.40. The first kappa shape index (κ1) is 14.5. The Bertz CT molecular complexity index is 505. The second-order valence-electron chi connectivity index (χ2n) is 5.15. The van der Waals surface area contributed by atoms with Gasteiger partial charge in [0.05, 0.1) is 4.90 Å². The zero-order chi connectivity index (χ0) is 13.9. The normalized spacial score (nSPS) is 18.6. The van der Waals surface area contributed by atoms with E-state index in [0.29, 0.717) is 6.04 Å². The highest BCUT2D eigenvalue weighted by atomic mass is 32.2. The maximum absolute atomic E-state index is 11.1. The number of hydrogen-bond acceptors (Lipinski definition) is 4. The van der Waals surface area contributed by atoms with Crippen LogP contribution in [0.2, 0.25) is 0 Å². The van der Waals surface area contributed by atoms with Gasteiger partial charge in [0, 0.05) is 12.6 Å². The lowest BCUT2D eigenvalue weighted by atomic mass is 10.1. The minimum absolute atomic E-state index is 0.163. The number of benzene rings is 1. The summed E-state index contributed by atoms with van der Waals surface area (Å²) in [5.41, 5.74) is 1.08. The Morgan fingerprint density at radius 3 is 2.37 bits per heavy atom. The van der Waals surface area contributed by atoms with E-state index in [-0.39, 0.29) is 4.90 Å². The first-order chi connectivity index (χ1) is 8.95. The summed E-state index contributed by atoms with van der Waals surface area (Å²) in [6, 6.07) is 7.28. The Morgan fingerprint density at radius 2 is 1.84 bits per heavy atom. The highest BCUT2D eigenvalue weighted by molar-refractivity contribution is 7.89. The summed E-state index contributed by atoms with van der Waals surface area (Å²) in [6.07, 6.45) is 2.32. The van der Waals surface area contributed by atoms with Crippen molar-refractivity contribution in [2.45, 2.75) is 30.3 Å². The van der Waals surface area contributed by atoms with Crippen molar-refractivity contribution in [1.82, 2.24) is 10.2 Å². The van der Waals surface area contributed by atoms with Gasteiger partial charge in [0.25, 0.3) is 0 Å². The molecule has 0 spiro atoms. The molecule has 106 valence electrons. The van der Waals surface area contributed by atoms with Crippen LogP contribution in [0, 0.1) is 0 Å². The Hall–Kier alpha value is -0.950. The number of nitrogens with two attached hydrogens (primary N) is 1. The molecule has 1 fully saturated rings. The molecule has 1 saturated heterocycles. The van der Waals surface area contributed by atoms with E-state index in [9.17, 15) is 8.42 Å². The largest absolute Gasteiger partial charge is 0.310 e. The highest BCUT2D eigenvalue weighted by Crippen LogP contribution is 2.11. The van der Waals surface area contributed by atoms with Crippen molar-refractivity contribution in [3.05, 3.63) is 29.8 Å². The van der Waals surface area contributed by atoms with Crippen LogP contribution in [0.25, 0.3) is 0 Å². The number of likely N-dealkylation sites (tertiary alicyclic amines) is 1. The molecule has 0 aromatic heterocycles. The molecular formula is C13H21N3O2S. The predicted octanol–water partition coefficient (Wildman–Crippen LogP) is 0.518. The lowest BCUT2D eigenvalue weighted by Gasteiger charge is -2.29. The van der Waals surface area contributed by atoms with E-state index in [1.54, 1.807) is 12.1 Å². The van der Waals surface area contributed by atoms with E-state index in [1.807, 2.05) is 12.1 Å². The summed E-state index contributed by atoms with van der Waals surface area (Å²) < 4.78 is 22.3. The zero-order valence-corrected chi connectivity index (χ0v) is 12.0. The fourth-order valence-electron chi connectivity index (χ4n) is 2.27. The molecule has 6 heteroatoms. The standard InChI is InChI=1S/C13H21N3O2S/c1-16-8-6-12(7-9-16)15-10-11-2-4-13(5-3-11)19(14,17)18/h2-5,12,15H,6-10H2,1H3,(H2,14,17,18). The van der Waals surface area contributed by atoms with Crippen LogP contribution in [0.4, 0.5) is 0 Å². The molecule has 0 unspecified atom stereocenters. The van der Waals surface area contributed by atoms with Gasteiger partial charge < -0.3 is 10.2 Å². The summed E-state index contributed by atoms with van der Waals surface area (Å²) in [4.78, 5) is 2.49. The molecule has 0 saturated carbocycles. The molecule has 2 rings (SSSR count). The molecule has 0 radical (unpaired) electrons. The lowest BCUT2D eigenvalue weighted by molar-refractivity contribution is 0.234. The third-order valence-corrected chi connectivity index (χ3v) is 4.49. The van der Waals surface area contributed by atoms with Gasteiger partial charge in [0.15, 0.2) is 0 Å². The van der Waals surface area contributed by atoms with Crippen molar-refractivity contribution < 1.29 is 8.42 Å². The molecule has 19 heavy (non-hydrogen) atoms. The fraction of sp³-hybridized carbons (Fsp3) is 0.538. The number of piperidine rings is 1. The quantitative estimate of drug-likeness (QED) is 0.844. The van der Waals surface area contributed by atoms with Gasteiger partial charge in [-0.15, -0.1) is 0 Å². The molecule has 1 aliphatic rings. The molecular weight excluding hydrogens is 262 g/mol. The van der Waals surface area contributed by atoms with Gasteiger partial charge in [-0.25, -0.2) is 13.6 Å². The first-order valence-electron chi connectivity index (χ1n) is 6.49. The molecule has 1 aliphatic heterocycles. The smallest absolute Gasteiger partial charge is 0.238 e. The molecule has 1 aromatic carbocycles. The van der Waals surface area contributed by atoms with Crippen molar-refractivity contribution in [3.8, 4) is 0 Å². The summed E-state index contributed by atoms with van der Waals surface area (Å²) in [5, 5.41) is 8.57. The van der Waals surface area contributed by atoms with Crippen LogP contribution in [0.3, 0.4) is 0 Å². The van der Waals surface area contributed by atoms with Crippen molar-refractivity contribution in [1.29, 1.82) is 0 Å². The fourth-order valence-corrected chi connectivity index (χ4v) is 2.79. The third-order valence-electron chi connectivity index (χ3n) is 3.57. The minimum atomic E-state index is -3.59.